The van der Waals surface area contributed by atoms with E-state index in [1.54, 1.807) is 0 Å². The molecule has 2 aromatic heterocycles. The average molecular weight is 241 g/mol. The molecule has 0 aromatic carbocycles. The fraction of sp³-hybridized carbons (Fsp3) is 0.462. The molecule has 0 radical (unpaired) electrons. The van der Waals surface area contributed by atoms with E-state index in [1.165, 1.54) is 19.3 Å². The van der Waals surface area contributed by atoms with Gasteiger partial charge in [-0.15, -0.1) is 0 Å². The van der Waals surface area contributed by atoms with Crippen molar-refractivity contribution in [2.24, 2.45) is 0 Å². The predicted octanol–water partition coefficient (Wildman–Crippen LogP) is 2.13. The third-order valence-corrected chi connectivity index (χ3v) is 3.46. The third kappa shape index (κ3) is 1.80. The van der Waals surface area contributed by atoms with Gasteiger partial charge < -0.3 is 9.88 Å². The van der Waals surface area contributed by atoms with Crippen molar-refractivity contribution in [2.45, 2.75) is 26.2 Å². The van der Waals surface area contributed by atoms with Crippen molar-refractivity contribution in [1.82, 2.24) is 15.0 Å². The van der Waals surface area contributed by atoms with Gasteiger partial charge in [0.05, 0.1) is 5.69 Å². The van der Waals surface area contributed by atoms with E-state index < -0.39 is 0 Å². The summed E-state index contributed by atoms with van der Waals surface area (Å²) >= 11 is 0. The van der Waals surface area contributed by atoms with Gasteiger partial charge in [-0.25, -0.2) is 9.97 Å². The van der Waals surface area contributed by atoms with Crippen LogP contribution in [0.3, 0.4) is 0 Å². The van der Waals surface area contributed by atoms with Crippen LogP contribution in [0.5, 0.6) is 0 Å². The number of rotatable bonds is 1. The zero-order valence-corrected chi connectivity index (χ0v) is 10.4. The number of H-pyrrole nitrogens is 1. The lowest BCUT2D eigenvalue weighted by molar-refractivity contribution is 0.574. The molecule has 0 amide bonds. The van der Waals surface area contributed by atoms with Crippen molar-refractivity contribution in [3.05, 3.63) is 17.6 Å². The van der Waals surface area contributed by atoms with Crippen LogP contribution in [0.2, 0.25) is 0 Å². The van der Waals surface area contributed by atoms with Crippen LogP contribution in [0, 0.1) is 18.3 Å². The first kappa shape index (κ1) is 11.0. The highest BCUT2D eigenvalue weighted by molar-refractivity contribution is 5.83. The van der Waals surface area contributed by atoms with E-state index in [0.29, 0.717) is 0 Å². The van der Waals surface area contributed by atoms with Gasteiger partial charge in [-0.05, 0) is 32.3 Å². The fourth-order valence-electron chi connectivity index (χ4n) is 2.50. The van der Waals surface area contributed by atoms with Crippen molar-refractivity contribution in [2.75, 3.05) is 18.0 Å². The number of hydrogen-bond donors (Lipinski definition) is 1. The number of aromatic nitrogens is 3. The molecule has 1 saturated heterocycles. The number of nitriles is 1. The number of aromatic amines is 1. The van der Waals surface area contributed by atoms with E-state index in [2.05, 4.69) is 25.9 Å². The number of anilines is 1. The Morgan fingerprint density at radius 2 is 2.06 bits per heavy atom. The molecule has 0 unspecified atom stereocenters. The van der Waals surface area contributed by atoms with Crippen LogP contribution in [-0.4, -0.2) is 28.0 Å². The normalized spacial score (nSPS) is 15.9. The lowest BCUT2D eigenvalue weighted by Gasteiger charge is -2.27. The number of aryl methyl sites for hydroxylation is 1. The number of piperidine rings is 1. The largest absolute Gasteiger partial charge is 0.358 e. The van der Waals surface area contributed by atoms with Gasteiger partial charge in [0.15, 0.2) is 0 Å². The van der Waals surface area contributed by atoms with E-state index in [4.69, 9.17) is 5.26 Å². The first-order valence-corrected chi connectivity index (χ1v) is 6.30. The van der Waals surface area contributed by atoms with Crippen molar-refractivity contribution in [3.8, 4) is 6.07 Å². The van der Waals surface area contributed by atoms with Crippen molar-refractivity contribution in [1.29, 1.82) is 5.26 Å². The summed E-state index contributed by atoms with van der Waals surface area (Å²) in [7, 11) is 0. The van der Waals surface area contributed by atoms with Gasteiger partial charge in [0, 0.05) is 18.5 Å². The van der Waals surface area contributed by atoms with Gasteiger partial charge in [0.1, 0.15) is 17.5 Å². The lowest BCUT2D eigenvalue weighted by Crippen LogP contribution is -2.29. The van der Waals surface area contributed by atoms with Gasteiger partial charge in [-0.2, -0.15) is 5.26 Å². The van der Waals surface area contributed by atoms with Gasteiger partial charge in [-0.3, -0.25) is 0 Å². The summed E-state index contributed by atoms with van der Waals surface area (Å²) < 4.78 is 0. The molecule has 1 fully saturated rings. The second kappa shape index (κ2) is 4.30. The predicted molar refractivity (Wildman–Crippen MR) is 69.4 cm³/mol. The summed E-state index contributed by atoms with van der Waals surface area (Å²) in [4.78, 5) is 14.0. The number of fused-ring (bicyclic) bond motifs is 1. The van der Waals surface area contributed by atoms with Crippen LogP contribution in [0.25, 0.3) is 11.0 Å². The Morgan fingerprint density at radius 3 is 2.78 bits per heavy atom. The summed E-state index contributed by atoms with van der Waals surface area (Å²) in [5.74, 6) is 1.32. The molecule has 1 aliphatic heterocycles. The second-order valence-electron chi connectivity index (χ2n) is 4.71. The van der Waals surface area contributed by atoms with Gasteiger partial charge in [0.2, 0.25) is 5.82 Å². The minimum atomic E-state index is 0.229. The highest BCUT2D eigenvalue weighted by Crippen LogP contribution is 2.24. The highest BCUT2D eigenvalue weighted by Gasteiger charge is 2.15. The standard InChI is InChI=1S/C13H15N5/c1-9-10-7-12(18-5-3-2-4-6-18)17-13(10)16-11(8-14)15-9/h7H,2-6H2,1H3,(H,15,16,17). The highest BCUT2D eigenvalue weighted by atomic mass is 15.2. The smallest absolute Gasteiger partial charge is 0.234 e. The maximum Gasteiger partial charge on any atom is 0.234 e. The molecule has 0 saturated carbocycles. The SMILES string of the molecule is Cc1nc(C#N)nc2[nH]c(N3CCCCC3)cc12. The molecule has 0 aliphatic carbocycles. The third-order valence-electron chi connectivity index (χ3n) is 3.46. The zero-order valence-electron chi connectivity index (χ0n) is 10.4. The Hall–Kier alpha value is -2.09. The first-order chi connectivity index (χ1) is 8.78. The van der Waals surface area contributed by atoms with Gasteiger partial charge in [-0.1, -0.05) is 0 Å². The summed E-state index contributed by atoms with van der Waals surface area (Å²) in [6.45, 7) is 4.09. The molecular weight excluding hydrogens is 226 g/mol. The van der Waals surface area contributed by atoms with E-state index in [0.717, 1.165) is 35.6 Å². The topological polar surface area (TPSA) is 68.6 Å². The number of nitrogens with one attached hydrogen (secondary N) is 1. The molecule has 3 rings (SSSR count). The van der Waals surface area contributed by atoms with E-state index >= 15 is 0 Å². The van der Waals surface area contributed by atoms with E-state index in [1.807, 2.05) is 13.0 Å². The summed E-state index contributed by atoms with van der Waals surface area (Å²) in [6.07, 6.45) is 3.79. The molecule has 5 heteroatoms. The Labute approximate surface area is 105 Å². The van der Waals surface area contributed by atoms with E-state index in [9.17, 15) is 0 Å². The van der Waals surface area contributed by atoms with Crippen molar-refractivity contribution in [3.63, 3.8) is 0 Å². The number of hydrogen-bond acceptors (Lipinski definition) is 4. The molecule has 2 aromatic rings. The molecule has 92 valence electrons. The molecule has 0 atom stereocenters. The summed E-state index contributed by atoms with van der Waals surface area (Å²) in [5.41, 5.74) is 1.62. The summed E-state index contributed by atoms with van der Waals surface area (Å²) in [5, 5.41) is 9.89. The van der Waals surface area contributed by atoms with Crippen LogP contribution in [0.4, 0.5) is 5.82 Å². The Balaban J connectivity index is 2.05. The quantitative estimate of drug-likeness (QED) is 0.830. The van der Waals surface area contributed by atoms with Gasteiger partial charge >= 0.3 is 0 Å². The first-order valence-electron chi connectivity index (χ1n) is 6.30. The molecular formula is C13H15N5. The van der Waals surface area contributed by atoms with Crippen LogP contribution in [0.1, 0.15) is 30.8 Å². The minimum absolute atomic E-state index is 0.229. The van der Waals surface area contributed by atoms with Crippen LogP contribution < -0.4 is 4.90 Å². The minimum Gasteiger partial charge on any atom is -0.358 e. The maximum absolute atomic E-state index is 8.88. The number of nitrogens with zero attached hydrogens (tertiary/aromatic N) is 4. The maximum atomic E-state index is 8.88. The molecule has 0 bridgehead atoms. The summed E-state index contributed by atoms with van der Waals surface area (Å²) in [6, 6.07) is 4.09. The molecule has 0 spiro atoms. The molecule has 1 aliphatic rings. The Bertz CT molecular complexity index is 616. The van der Waals surface area contributed by atoms with Crippen LogP contribution in [0.15, 0.2) is 6.07 Å². The molecule has 18 heavy (non-hydrogen) atoms. The molecule has 5 nitrogen and oxygen atoms in total. The lowest BCUT2D eigenvalue weighted by atomic mass is 10.1. The van der Waals surface area contributed by atoms with Crippen molar-refractivity contribution >= 4 is 16.9 Å². The second-order valence-corrected chi connectivity index (χ2v) is 4.71. The van der Waals surface area contributed by atoms with Crippen LogP contribution >= 0.6 is 0 Å². The average Bonchev–Trinajstić information content (AvgIpc) is 2.84. The Kier molecular flexibility index (Phi) is 2.63. The molecule has 3 heterocycles. The Morgan fingerprint density at radius 1 is 1.28 bits per heavy atom. The monoisotopic (exact) mass is 241 g/mol. The van der Waals surface area contributed by atoms with E-state index in [-0.39, 0.29) is 5.82 Å². The molecule has 1 N–H and O–H groups in total. The fourth-order valence-corrected chi connectivity index (χ4v) is 2.50. The van der Waals surface area contributed by atoms with Crippen molar-refractivity contribution < 1.29 is 0 Å². The van der Waals surface area contributed by atoms with Gasteiger partial charge in [0.25, 0.3) is 0 Å². The zero-order chi connectivity index (χ0) is 12.5. The van der Waals surface area contributed by atoms with Crippen LogP contribution in [-0.2, 0) is 0 Å².